The summed E-state index contributed by atoms with van der Waals surface area (Å²) in [5.41, 5.74) is 4.28. The number of Topliss-reactive ketones (excluding diaryl/α,β-unsaturated/α-hetero) is 1. The number of rotatable bonds is 4. The third kappa shape index (κ3) is 3.25. The molecule has 2 fully saturated rings. The van der Waals surface area contributed by atoms with E-state index < -0.39 is 0 Å². The van der Waals surface area contributed by atoms with Crippen molar-refractivity contribution in [1.82, 2.24) is 0 Å². The highest BCUT2D eigenvalue weighted by molar-refractivity contribution is 5.99. The van der Waals surface area contributed by atoms with Gasteiger partial charge in [0.25, 0.3) is 0 Å². The van der Waals surface area contributed by atoms with Gasteiger partial charge in [0, 0.05) is 17.4 Å². The predicted molar refractivity (Wildman–Crippen MR) is 133 cm³/mol. The van der Waals surface area contributed by atoms with Crippen LogP contribution in [0.15, 0.2) is 22.8 Å². The molecule has 4 rings (SSSR count). The van der Waals surface area contributed by atoms with E-state index in [1.54, 1.807) is 0 Å². The van der Waals surface area contributed by atoms with Gasteiger partial charge >= 0.3 is 0 Å². The van der Waals surface area contributed by atoms with Gasteiger partial charge in [-0.2, -0.15) is 0 Å². The highest BCUT2D eigenvalue weighted by Gasteiger charge is 2.65. The van der Waals surface area contributed by atoms with E-state index in [-0.39, 0.29) is 33.7 Å². The molecule has 32 heavy (non-hydrogen) atoms. The Labute approximate surface area is 197 Å². The first-order valence-electron chi connectivity index (χ1n) is 13.4. The molecule has 7 atom stereocenters. The third-order valence-electron chi connectivity index (χ3n) is 11.5. The molecular formula is C30H48O2. The number of carbonyl (C=O) groups excluding carboxylic acids is 1. The summed E-state index contributed by atoms with van der Waals surface area (Å²) in [4.78, 5) is 13.9. The molecule has 0 saturated heterocycles. The smallest absolute Gasteiger partial charge is 0.159 e. The van der Waals surface area contributed by atoms with Crippen molar-refractivity contribution in [2.24, 2.45) is 39.4 Å². The Morgan fingerprint density at radius 1 is 1.09 bits per heavy atom. The minimum absolute atomic E-state index is 0.0152. The maximum Gasteiger partial charge on any atom is 0.159 e. The van der Waals surface area contributed by atoms with Gasteiger partial charge in [0.1, 0.15) is 0 Å². The Balaban J connectivity index is 1.70. The summed E-state index contributed by atoms with van der Waals surface area (Å²) in [6, 6.07) is 0. The van der Waals surface area contributed by atoms with E-state index in [9.17, 15) is 9.90 Å². The first-order chi connectivity index (χ1) is 14.8. The van der Waals surface area contributed by atoms with Gasteiger partial charge in [0.05, 0.1) is 6.10 Å². The fourth-order valence-corrected chi connectivity index (χ4v) is 9.14. The first kappa shape index (κ1) is 24.2. The van der Waals surface area contributed by atoms with E-state index in [0.29, 0.717) is 24.0 Å². The fourth-order valence-electron chi connectivity index (χ4n) is 9.14. The van der Waals surface area contributed by atoms with Crippen molar-refractivity contribution in [1.29, 1.82) is 0 Å². The Morgan fingerprint density at radius 2 is 1.78 bits per heavy atom. The molecule has 0 aliphatic heterocycles. The molecule has 2 saturated carbocycles. The Hall–Kier alpha value is -0.890. The second-order valence-electron chi connectivity index (χ2n) is 13.6. The summed E-state index contributed by atoms with van der Waals surface area (Å²) in [6.45, 7) is 18.7. The molecule has 0 amide bonds. The van der Waals surface area contributed by atoms with Crippen LogP contribution < -0.4 is 0 Å². The number of aliphatic hydroxyl groups is 1. The minimum Gasteiger partial charge on any atom is -0.393 e. The molecule has 4 aliphatic carbocycles. The van der Waals surface area contributed by atoms with E-state index >= 15 is 0 Å². The average Bonchev–Trinajstić information content (AvgIpc) is 2.98. The number of hydrogen-bond donors (Lipinski definition) is 1. The lowest BCUT2D eigenvalue weighted by molar-refractivity contribution is -0.134. The molecule has 0 spiro atoms. The molecule has 0 aromatic heterocycles. The SMILES string of the molecule is CC(C)=CCC[C@H](C)[C@@H]1CC[C@]2(C)C3=C(CC[C@@]12C)[C@@]1(C)CC[C@H](O)C(C)(C)[C@@H]1CC3=O. The number of carbonyl (C=O) groups is 1. The van der Waals surface area contributed by atoms with Crippen LogP contribution in [0.3, 0.4) is 0 Å². The van der Waals surface area contributed by atoms with Crippen LogP contribution in [-0.2, 0) is 4.79 Å². The fraction of sp³-hybridized carbons (Fsp3) is 0.833. The number of fused-ring (bicyclic) bond motifs is 4. The van der Waals surface area contributed by atoms with Gasteiger partial charge in [0.2, 0.25) is 0 Å². The number of aliphatic hydroxyl groups excluding tert-OH is 1. The molecule has 2 heteroatoms. The average molecular weight is 441 g/mol. The summed E-state index contributed by atoms with van der Waals surface area (Å²) >= 11 is 0. The lowest BCUT2D eigenvalue weighted by Crippen LogP contribution is -2.57. The van der Waals surface area contributed by atoms with Crippen molar-refractivity contribution < 1.29 is 9.90 Å². The van der Waals surface area contributed by atoms with Crippen molar-refractivity contribution in [2.45, 2.75) is 119 Å². The number of hydrogen-bond acceptors (Lipinski definition) is 2. The van der Waals surface area contributed by atoms with Crippen LogP contribution >= 0.6 is 0 Å². The summed E-state index contributed by atoms with van der Waals surface area (Å²) in [6.07, 6.45) is 11.8. The van der Waals surface area contributed by atoms with Crippen LogP contribution in [-0.4, -0.2) is 17.0 Å². The molecule has 0 unspecified atom stereocenters. The van der Waals surface area contributed by atoms with Crippen molar-refractivity contribution >= 4 is 5.78 Å². The maximum atomic E-state index is 13.9. The zero-order valence-electron chi connectivity index (χ0n) is 22.1. The molecule has 0 aromatic rings. The third-order valence-corrected chi connectivity index (χ3v) is 11.5. The second kappa shape index (κ2) is 7.82. The summed E-state index contributed by atoms with van der Waals surface area (Å²) in [5.74, 6) is 2.08. The molecule has 4 aliphatic rings. The highest BCUT2D eigenvalue weighted by atomic mass is 16.3. The second-order valence-corrected chi connectivity index (χ2v) is 13.6. The molecule has 0 bridgehead atoms. The monoisotopic (exact) mass is 440 g/mol. The minimum atomic E-state index is -0.294. The summed E-state index contributed by atoms with van der Waals surface area (Å²) in [5, 5.41) is 10.8. The van der Waals surface area contributed by atoms with Gasteiger partial charge in [0.15, 0.2) is 5.78 Å². The zero-order valence-corrected chi connectivity index (χ0v) is 22.1. The number of ketones is 1. The molecule has 180 valence electrons. The normalized spacial score (nSPS) is 43.9. The molecule has 0 aromatic carbocycles. The molecule has 0 heterocycles. The van der Waals surface area contributed by atoms with Crippen LogP contribution in [0, 0.1) is 39.4 Å². The van der Waals surface area contributed by atoms with Crippen LogP contribution in [0.5, 0.6) is 0 Å². The van der Waals surface area contributed by atoms with Crippen molar-refractivity contribution in [3.8, 4) is 0 Å². The van der Waals surface area contributed by atoms with E-state index in [0.717, 1.165) is 19.3 Å². The first-order valence-corrected chi connectivity index (χ1v) is 13.4. The topological polar surface area (TPSA) is 37.3 Å². The van der Waals surface area contributed by atoms with Crippen molar-refractivity contribution in [2.75, 3.05) is 0 Å². The Kier molecular flexibility index (Phi) is 5.93. The van der Waals surface area contributed by atoms with Crippen LogP contribution in [0.25, 0.3) is 0 Å². The van der Waals surface area contributed by atoms with Gasteiger partial charge in [-0.05, 0) is 99.2 Å². The Bertz CT molecular complexity index is 843. The van der Waals surface area contributed by atoms with Gasteiger partial charge in [-0.3, -0.25) is 4.79 Å². The standard InChI is InChI=1S/C30H48O2/c1-19(2)10-9-11-20(3)21-12-17-30(8)26-22(13-16-29(21,30)7)28(6)15-14-25(32)27(4,5)24(28)18-23(26)31/h10,20-21,24-25,32H,9,11-18H2,1-8H3/t20-,21-,24-,25-,28+,29-,30+/m0/s1. The summed E-state index contributed by atoms with van der Waals surface area (Å²) < 4.78 is 0. The molecular weight excluding hydrogens is 392 g/mol. The summed E-state index contributed by atoms with van der Waals surface area (Å²) in [7, 11) is 0. The van der Waals surface area contributed by atoms with Gasteiger partial charge < -0.3 is 5.11 Å². The maximum absolute atomic E-state index is 13.9. The largest absolute Gasteiger partial charge is 0.393 e. The van der Waals surface area contributed by atoms with Crippen LogP contribution in [0.1, 0.15) is 113 Å². The van der Waals surface area contributed by atoms with Crippen LogP contribution in [0.2, 0.25) is 0 Å². The molecule has 1 N–H and O–H groups in total. The lowest BCUT2D eigenvalue weighted by Gasteiger charge is -2.61. The molecule has 2 nitrogen and oxygen atoms in total. The highest BCUT2D eigenvalue weighted by Crippen LogP contribution is 2.71. The van der Waals surface area contributed by atoms with Crippen molar-refractivity contribution in [3.63, 3.8) is 0 Å². The van der Waals surface area contributed by atoms with Crippen molar-refractivity contribution in [3.05, 3.63) is 22.8 Å². The lowest BCUT2D eigenvalue weighted by atomic mass is 9.43. The van der Waals surface area contributed by atoms with Gasteiger partial charge in [-0.1, -0.05) is 58.8 Å². The van der Waals surface area contributed by atoms with E-state index in [1.165, 1.54) is 48.8 Å². The van der Waals surface area contributed by atoms with Gasteiger partial charge in [-0.15, -0.1) is 0 Å². The quantitative estimate of drug-likeness (QED) is 0.456. The predicted octanol–water partition coefficient (Wildman–Crippen LogP) is 7.66. The van der Waals surface area contributed by atoms with Crippen LogP contribution in [0.4, 0.5) is 0 Å². The van der Waals surface area contributed by atoms with E-state index in [1.807, 2.05) is 0 Å². The molecule has 0 radical (unpaired) electrons. The Morgan fingerprint density at radius 3 is 2.44 bits per heavy atom. The number of allylic oxidation sites excluding steroid dienone is 4. The van der Waals surface area contributed by atoms with E-state index in [4.69, 9.17) is 0 Å². The van der Waals surface area contributed by atoms with E-state index in [2.05, 4.69) is 61.5 Å². The van der Waals surface area contributed by atoms with Gasteiger partial charge in [-0.25, -0.2) is 0 Å². The zero-order chi connectivity index (χ0) is 23.7.